The molecule has 0 spiro atoms. The monoisotopic (exact) mass is 416 g/mol. The number of aryl methyl sites for hydroxylation is 3. The predicted octanol–water partition coefficient (Wildman–Crippen LogP) is 3.96. The van der Waals surface area contributed by atoms with E-state index < -0.39 is 5.92 Å². The van der Waals surface area contributed by atoms with Crippen LogP contribution in [-0.4, -0.2) is 35.7 Å². The molecule has 0 aliphatic heterocycles. The quantitative estimate of drug-likeness (QED) is 0.608. The van der Waals surface area contributed by atoms with E-state index in [2.05, 4.69) is 15.4 Å². The summed E-state index contributed by atoms with van der Waals surface area (Å²) in [6, 6.07) is 5.73. The molecule has 4 rings (SSSR count). The summed E-state index contributed by atoms with van der Waals surface area (Å²) in [6.07, 6.45) is 3.22. The molecule has 160 valence electrons. The second-order valence-corrected chi connectivity index (χ2v) is 8.13. The fourth-order valence-electron chi connectivity index (χ4n) is 3.90. The SMILES string of the molecule is Cc1cc(C)n(-c2cc(OCc3cnnn3C)cc(CC3CCC(F)(F)CC3)n2)n1. The van der Waals surface area contributed by atoms with Crippen molar-refractivity contribution in [1.82, 2.24) is 29.8 Å². The lowest BCUT2D eigenvalue weighted by molar-refractivity contribution is -0.0457. The smallest absolute Gasteiger partial charge is 0.248 e. The van der Waals surface area contributed by atoms with Gasteiger partial charge in [-0.2, -0.15) is 5.10 Å². The van der Waals surface area contributed by atoms with Crippen molar-refractivity contribution in [3.05, 3.63) is 47.2 Å². The van der Waals surface area contributed by atoms with Gasteiger partial charge in [-0.15, -0.1) is 5.10 Å². The van der Waals surface area contributed by atoms with Gasteiger partial charge in [0.1, 0.15) is 12.4 Å². The second-order valence-electron chi connectivity index (χ2n) is 8.13. The van der Waals surface area contributed by atoms with Crippen molar-refractivity contribution >= 4 is 0 Å². The lowest BCUT2D eigenvalue weighted by Gasteiger charge is -2.28. The molecule has 0 aromatic carbocycles. The second kappa shape index (κ2) is 8.12. The number of hydrogen-bond acceptors (Lipinski definition) is 5. The summed E-state index contributed by atoms with van der Waals surface area (Å²) in [6.45, 7) is 4.22. The maximum atomic E-state index is 13.5. The van der Waals surface area contributed by atoms with Gasteiger partial charge >= 0.3 is 0 Å². The van der Waals surface area contributed by atoms with Gasteiger partial charge in [-0.3, -0.25) is 0 Å². The molecule has 1 aliphatic carbocycles. The summed E-state index contributed by atoms with van der Waals surface area (Å²) < 4.78 is 36.5. The van der Waals surface area contributed by atoms with Gasteiger partial charge in [0, 0.05) is 43.4 Å². The van der Waals surface area contributed by atoms with Crippen molar-refractivity contribution in [3.8, 4) is 11.6 Å². The van der Waals surface area contributed by atoms with Gasteiger partial charge in [-0.1, -0.05) is 5.21 Å². The van der Waals surface area contributed by atoms with Gasteiger partial charge in [-0.25, -0.2) is 23.1 Å². The number of rotatable bonds is 6. The van der Waals surface area contributed by atoms with Crippen LogP contribution in [0.4, 0.5) is 8.78 Å². The van der Waals surface area contributed by atoms with Crippen LogP contribution in [0.3, 0.4) is 0 Å². The van der Waals surface area contributed by atoms with Crippen molar-refractivity contribution in [2.45, 2.75) is 58.5 Å². The van der Waals surface area contributed by atoms with Crippen LogP contribution in [0.15, 0.2) is 24.4 Å². The van der Waals surface area contributed by atoms with Crippen LogP contribution in [-0.2, 0) is 20.1 Å². The topological polar surface area (TPSA) is 70.7 Å². The highest BCUT2D eigenvalue weighted by atomic mass is 19.3. The van der Waals surface area contributed by atoms with Gasteiger partial charge < -0.3 is 4.74 Å². The standard InChI is InChI=1S/C21H26F2N6O/c1-14-8-15(2)29(26-14)20-11-19(30-13-18-12-24-27-28(18)3)10-17(25-20)9-16-4-6-21(22,23)7-5-16/h8,10-12,16H,4-7,9,13H2,1-3H3. The number of alkyl halides is 2. The summed E-state index contributed by atoms with van der Waals surface area (Å²) in [5, 5.41) is 12.3. The molecule has 3 heterocycles. The molecule has 7 nitrogen and oxygen atoms in total. The van der Waals surface area contributed by atoms with E-state index in [1.54, 1.807) is 15.6 Å². The van der Waals surface area contributed by atoms with E-state index in [0.29, 0.717) is 37.4 Å². The maximum Gasteiger partial charge on any atom is 0.248 e. The molecule has 3 aromatic heterocycles. The van der Waals surface area contributed by atoms with Crippen molar-refractivity contribution in [1.29, 1.82) is 0 Å². The Morgan fingerprint density at radius 1 is 1.17 bits per heavy atom. The molecule has 0 unspecified atom stereocenters. The Labute approximate surface area is 174 Å². The first kappa shape index (κ1) is 20.4. The lowest BCUT2D eigenvalue weighted by Crippen LogP contribution is -2.25. The van der Waals surface area contributed by atoms with E-state index >= 15 is 0 Å². The number of nitrogens with zero attached hydrogens (tertiary/aromatic N) is 6. The Balaban J connectivity index is 1.59. The third-order valence-corrected chi connectivity index (χ3v) is 5.59. The molecule has 0 radical (unpaired) electrons. The number of ether oxygens (including phenoxy) is 1. The highest BCUT2D eigenvalue weighted by molar-refractivity contribution is 5.36. The number of halogens is 2. The molecule has 1 fully saturated rings. The van der Waals surface area contributed by atoms with E-state index in [9.17, 15) is 8.78 Å². The van der Waals surface area contributed by atoms with Gasteiger partial charge in [0.25, 0.3) is 0 Å². The Morgan fingerprint density at radius 2 is 1.93 bits per heavy atom. The Morgan fingerprint density at radius 3 is 2.57 bits per heavy atom. The first-order valence-corrected chi connectivity index (χ1v) is 10.2. The Bertz CT molecular complexity index is 1020. The van der Waals surface area contributed by atoms with E-state index in [1.807, 2.05) is 39.1 Å². The predicted molar refractivity (Wildman–Crippen MR) is 107 cm³/mol. The lowest BCUT2D eigenvalue weighted by atomic mass is 9.84. The minimum absolute atomic E-state index is 0.0499. The first-order chi connectivity index (χ1) is 14.3. The Kier molecular flexibility index (Phi) is 5.53. The van der Waals surface area contributed by atoms with Crippen LogP contribution in [0.1, 0.15) is 48.5 Å². The van der Waals surface area contributed by atoms with E-state index in [-0.39, 0.29) is 18.8 Å². The van der Waals surface area contributed by atoms with Crippen LogP contribution in [0.5, 0.6) is 5.75 Å². The van der Waals surface area contributed by atoms with E-state index in [4.69, 9.17) is 9.72 Å². The van der Waals surface area contributed by atoms with Gasteiger partial charge in [-0.05, 0) is 45.1 Å². The molecule has 1 aliphatic rings. The van der Waals surface area contributed by atoms with Crippen molar-refractivity contribution in [3.63, 3.8) is 0 Å². The first-order valence-electron chi connectivity index (χ1n) is 10.2. The number of hydrogen-bond donors (Lipinski definition) is 0. The average molecular weight is 416 g/mol. The van der Waals surface area contributed by atoms with Crippen LogP contribution in [0.2, 0.25) is 0 Å². The molecule has 0 saturated heterocycles. The summed E-state index contributed by atoms with van der Waals surface area (Å²) in [4.78, 5) is 4.77. The van der Waals surface area contributed by atoms with Crippen LogP contribution < -0.4 is 4.74 Å². The van der Waals surface area contributed by atoms with Crippen LogP contribution >= 0.6 is 0 Å². The van der Waals surface area contributed by atoms with E-state index in [1.165, 1.54) is 0 Å². The molecule has 0 amide bonds. The summed E-state index contributed by atoms with van der Waals surface area (Å²) >= 11 is 0. The Hall–Kier alpha value is -2.84. The minimum Gasteiger partial charge on any atom is -0.487 e. The summed E-state index contributed by atoms with van der Waals surface area (Å²) in [7, 11) is 1.81. The van der Waals surface area contributed by atoms with Gasteiger partial charge in [0.05, 0.1) is 17.6 Å². The summed E-state index contributed by atoms with van der Waals surface area (Å²) in [5.41, 5.74) is 3.54. The number of pyridine rings is 1. The summed E-state index contributed by atoms with van der Waals surface area (Å²) in [5.74, 6) is -1.01. The fraction of sp³-hybridized carbons (Fsp3) is 0.524. The van der Waals surface area contributed by atoms with E-state index in [0.717, 1.165) is 22.8 Å². The molecule has 30 heavy (non-hydrogen) atoms. The molecule has 0 N–H and O–H groups in total. The zero-order chi connectivity index (χ0) is 21.3. The van der Waals surface area contributed by atoms with Gasteiger partial charge in [0.15, 0.2) is 5.82 Å². The van der Waals surface area contributed by atoms with Gasteiger partial charge in [0.2, 0.25) is 5.92 Å². The number of aromatic nitrogens is 6. The van der Waals surface area contributed by atoms with Crippen molar-refractivity contribution < 1.29 is 13.5 Å². The maximum absolute atomic E-state index is 13.5. The minimum atomic E-state index is -2.53. The molecule has 0 atom stereocenters. The molecule has 0 bridgehead atoms. The highest BCUT2D eigenvalue weighted by Crippen LogP contribution is 2.37. The average Bonchev–Trinajstić information content (AvgIpc) is 3.26. The highest BCUT2D eigenvalue weighted by Gasteiger charge is 2.35. The largest absolute Gasteiger partial charge is 0.487 e. The molecule has 9 heteroatoms. The zero-order valence-corrected chi connectivity index (χ0v) is 17.5. The molecule has 1 saturated carbocycles. The zero-order valence-electron chi connectivity index (χ0n) is 17.5. The van der Waals surface area contributed by atoms with Crippen LogP contribution in [0, 0.1) is 19.8 Å². The molecule has 3 aromatic rings. The molecular formula is C21H26F2N6O. The van der Waals surface area contributed by atoms with Crippen molar-refractivity contribution in [2.75, 3.05) is 0 Å². The third-order valence-electron chi connectivity index (χ3n) is 5.59. The fourth-order valence-corrected chi connectivity index (χ4v) is 3.90. The van der Waals surface area contributed by atoms with Crippen molar-refractivity contribution in [2.24, 2.45) is 13.0 Å². The molecular weight excluding hydrogens is 390 g/mol. The normalized spacial score (nSPS) is 16.7. The third kappa shape index (κ3) is 4.66. The van der Waals surface area contributed by atoms with Crippen LogP contribution in [0.25, 0.3) is 5.82 Å².